The van der Waals surface area contributed by atoms with E-state index in [9.17, 15) is 4.39 Å². The fraction of sp³-hybridized carbons (Fsp3) is 0.750. The Balaban J connectivity index is 2.16. The molecule has 3 nitrogen and oxygen atoms in total. The van der Waals surface area contributed by atoms with Crippen molar-refractivity contribution in [3.05, 3.63) is 16.9 Å². The van der Waals surface area contributed by atoms with Gasteiger partial charge >= 0.3 is 0 Å². The molecule has 0 spiro atoms. The van der Waals surface area contributed by atoms with Crippen LogP contribution in [0.25, 0.3) is 0 Å². The van der Waals surface area contributed by atoms with E-state index < -0.39 is 6.17 Å². The molecule has 2 heterocycles. The zero-order valence-electron chi connectivity index (χ0n) is 10.1. The number of aromatic nitrogens is 2. The minimum absolute atomic E-state index is 0.0218. The van der Waals surface area contributed by atoms with Gasteiger partial charge in [0.25, 0.3) is 0 Å². The zero-order valence-corrected chi connectivity index (χ0v) is 10.9. The Morgan fingerprint density at radius 3 is 3.18 bits per heavy atom. The van der Waals surface area contributed by atoms with Crippen LogP contribution in [0.5, 0.6) is 0 Å². The molecular weight excluding hydrogens is 241 g/mol. The summed E-state index contributed by atoms with van der Waals surface area (Å²) in [4.78, 5) is 0. The molecule has 0 aromatic carbocycles. The average molecular weight is 260 g/mol. The van der Waals surface area contributed by atoms with Gasteiger partial charge in [-0.2, -0.15) is 5.10 Å². The topological polar surface area (TPSA) is 29.9 Å². The maximum Gasteiger partial charge on any atom is 0.147 e. The molecule has 1 aliphatic rings. The van der Waals surface area contributed by atoms with Gasteiger partial charge in [-0.1, -0.05) is 18.5 Å². The fourth-order valence-corrected chi connectivity index (χ4v) is 2.63. The van der Waals surface area contributed by atoms with E-state index >= 15 is 0 Å². The number of rotatable bonds is 4. The van der Waals surface area contributed by atoms with Gasteiger partial charge in [0.15, 0.2) is 0 Å². The van der Waals surface area contributed by atoms with Crippen LogP contribution >= 0.6 is 11.6 Å². The summed E-state index contributed by atoms with van der Waals surface area (Å²) in [5, 5.41) is 7.84. The van der Waals surface area contributed by atoms with Crippen molar-refractivity contribution in [2.24, 2.45) is 5.92 Å². The van der Waals surface area contributed by atoms with Crippen LogP contribution in [0.4, 0.5) is 4.39 Å². The fourth-order valence-electron chi connectivity index (χ4n) is 2.39. The highest BCUT2D eigenvalue weighted by Gasteiger charge is 2.29. The first-order chi connectivity index (χ1) is 8.24. The van der Waals surface area contributed by atoms with E-state index in [-0.39, 0.29) is 5.92 Å². The van der Waals surface area contributed by atoms with E-state index in [2.05, 4.69) is 17.3 Å². The molecule has 2 unspecified atom stereocenters. The zero-order chi connectivity index (χ0) is 12.3. The largest absolute Gasteiger partial charge is 0.316 e. The van der Waals surface area contributed by atoms with Gasteiger partial charge in [0, 0.05) is 19.0 Å². The van der Waals surface area contributed by atoms with Crippen molar-refractivity contribution >= 4 is 11.6 Å². The third-order valence-electron chi connectivity index (χ3n) is 3.28. The summed E-state index contributed by atoms with van der Waals surface area (Å²) in [6.07, 6.45) is 3.42. The summed E-state index contributed by atoms with van der Waals surface area (Å²) in [7, 11) is 0. The summed E-state index contributed by atoms with van der Waals surface area (Å²) in [6.45, 7) is 4.50. The highest BCUT2D eigenvalue weighted by atomic mass is 35.5. The molecule has 96 valence electrons. The van der Waals surface area contributed by atoms with E-state index in [0.717, 1.165) is 38.9 Å². The Kier molecular flexibility index (Phi) is 4.40. The molecule has 0 aliphatic carbocycles. The van der Waals surface area contributed by atoms with Crippen molar-refractivity contribution in [1.82, 2.24) is 15.1 Å². The number of nitrogens with zero attached hydrogens (tertiary/aromatic N) is 2. The summed E-state index contributed by atoms with van der Waals surface area (Å²) in [5.74, 6) is 0.0218. The molecule has 5 heteroatoms. The van der Waals surface area contributed by atoms with Crippen LogP contribution in [0.15, 0.2) is 6.20 Å². The highest BCUT2D eigenvalue weighted by Crippen LogP contribution is 2.34. The Labute approximate surface area is 106 Å². The molecule has 1 aliphatic heterocycles. The molecule has 0 radical (unpaired) electrons. The van der Waals surface area contributed by atoms with Crippen LogP contribution in [0.2, 0.25) is 5.02 Å². The molecule has 0 amide bonds. The minimum atomic E-state index is -1.01. The van der Waals surface area contributed by atoms with Gasteiger partial charge in [0.2, 0.25) is 0 Å². The summed E-state index contributed by atoms with van der Waals surface area (Å²) in [5.41, 5.74) is 0.558. The van der Waals surface area contributed by atoms with E-state index in [1.54, 1.807) is 10.9 Å². The molecule has 17 heavy (non-hydrogen) atoms. The maximum atomic E-state index is 14.5. The Bertz CT molecular complexity index is 361. The third kappa shape index (κ3) is 2.80. The number of hydrogen-bond donors (Lipinski definition) is 1. The molecule has 1 saturated heterocycles. The van der Waals surface area contributed by atoms with Gasteiger partial charge < -0.3 is 5.32 Å². The molecule has 1 fully saturated rings. The number of piperidine rings is 1. The van der Waals surface area contributed by atoms with E-state index in [0.29, 0.717) is 10.7 Å². The van der Waals surface area contributed by atoms with Crippen LogP contribution < -0.4 is 5.32 Å². The van der Waals surface area contributed by atoms with Crippen LogP contribution in [0.1, 0.15) is 38.1 Å². The second-order valence-corrected chi connectivity index (χ2v) is 5.02. The molecule has 2 rings (SSSR count). The second kappa shape index (κ2) is 5.83. The first-order valence-corrected chi connectivity index (χ1v) is 6.67. The Morgan fingerprint density at radius 2 is 2.53 bits per heavy atom. The van der Waals surface area contributed by atoms with Crippen LogP contribution in [0, 0.1) is 5.92 Å². The quantitative estimate of drug-likeness (QED) is 0.901. The normalized spacial score (nSPS) is 22.6. The predicted octanol–water partition coefficient (Wildman–Crippen LogP) is 2.96. The lowest BCUT2D eigenvalue weighted by Gasteiger charge is -2.26. The molecule has 2 atom stereocenters. The molecule has 0 bridgehead atoms. The maximum absolute atomic E-state index is 14.5. The van der Waals surface area contributed by atoms with Gasteiger partial charge in [-0.05, 0) is 25.8 Å². The summed E-state index contributed by atoms with van der Waals surface area (Å²) in [6, 6.07) is 0. The Hall–Kier alpha value is -0.610. The predicted molar refractivity (Wildman–Crippen MR) is 67.0 cm³/mol. The van der Waals surface area contributed by atoms with Crippen molar-refractivity contribution in [2.75, 3.05) is 13.1 Å². The summed E-state index contributed by atoms with van der Waals surface area (Å²) >= 11 is 6.05. The third-order valence-corrected chi connectivity index (χ3v) is 3.57. The standard InChI is InChI=1S/C12H19ClFN3/c1-2-6-17-12(10(13)8-16-17)11(14)9-4-3-5-15-7-9/h8-9,11,15H,2-7H2,1H3. The van der Waals surface area contributed by atoms with E-state index in [1.807, 2.05) is 0 Å². The van der Waals surface area contributed by atoms with Crippen LogP contribution in [0.3, 0.4) is 0 Å². The molecule has 1 aromatic heterocycles. The van der Waals surface area contributed by atoms with Crippen molar-refractivity contribution < 1.29 is 4.39 Å². The molecule has 1 N–H and O–H groups in total. The second-order valence-electron chi connectivity index (χ2n) is 4.61. The number of halogens is 2. The van der Waals surface area contributed by atoms with Gasteiger partial charge in [0.1, 0.15) is 6.17 Å². The average Bonchev–Trinajstić information content (AvgIpc) is 2.71. The van der Waals surface area contributed by atoms with Crippen molar-refractivity contribution in [3.63, 3.8) is 0 Å². The molecule has 0 saturated carbocycles. The lowest BCUT2D eigenvalue weighted by atomic mass is 9.93. The first-order valence-electron chi connectivity index (χ1n) is 6.30. The highest BCUT2D eigenvalue weighted by molar-refractivity contribution is 6.31. The SMILES string of the molecule is CCCn1ncc(Cl)c1C(F)C1CCCNC1. The van der Waals surface area contributed by atoms with Crippen molar-refractivity contribution in [1.29, 1.82) is 0 Å². The summed E-state index contributed by atoms with van der Waals surface area (Å²) < 4.78 is 16.2. The number of alkyl halides is 1. The van der Waals surface area contributed by atoms with Crippen LogP contribution in [-0.4, -0.2) is 22.9 Å². The van der Waals surface area contributed by atoms with E-state index in [1.165, 1.54) is 0 Å². The lowest BCUT2D eigenvalue weighted by Crippen LogP contribution is -2.32. The first kappa shape index (κ1) is 12.8. The Morgan fingerprint density at radius 1 is 1.71 bits per heavy atom. The number of hydrogen-bond acceptors (Lipinski definition) is 2. The van der Waals surface area contributed by atoms with Gasteiger partial charge in [-0.15, -0.1) is 0 Å². The van der Waals surface area contributed by atoms with Gasteiger partial charge in [0.05, 0.1) is 16.9 Å². The lowest BCUT2D eigenvalue weighted by molar-refractivity contribution is 0.183. The van der Waals surface area contributed by atoms with Gasteiger partial charge in [-0.3, -0.25) is 4.68 Å². The molecule has 1 aromatic rings. The van der Waals surface area contributed by atoms with Crippen molar-refractivity contribution in [2.45, 2.75) is 38.9 Å². The smallest absolute Gasteiger partial charge is 0.147 e. The van der Waals surface area contributed by atoms with Gasteiger partial charge in [-0.25, -0.2) is 4.39 Å². The minimum Gasteiger partial charge on any atom is -0.316 e. The monoisotopic (exact) mass is 259 g/mol. The van der Waals surface area contributed by atoms with E-state index in [4.69, 9.17) is 11.6 Å². The number of aryl methyl sites for hydroxylation is 1. The van der Waals surface area contributed by atoms with Crippen molar-refractivity contribution in [3.8, 4) is 0 Å². The van der Waals surface area contributed by atoms with Crippen LogP contribution in [-0.2, 0) is 6.54 Å². The molecular formula is C12H19ClFN3. The number of nitrogens with one attached hydrogen (secondary N) is 1.